The molecule has 1 aromatic rings. The van der Waals surface area contributed by atoms with Gasteiger partial charge in [0.1, 0.15) is 0 Å². The van der Waals surface area contributed by atoms with Gasteiger partial charge in [-0.05, 0) is 30.2 Å². The van der Waals surface area contributed by atoms with Crippen LogP contribution in [-0.4, -0.2) is 13.1 Å². The summed E-state index contributed by atoms with van der Waals surface area (Å²) in [6.45, 7) is 1.86. The van der Waals surface area contributed by atoms with Crippen LogP contribution in [-0.2, 0) is 16.0 Å². The lowest BCUT2D eigenvalue weighted by molar-refractivity contribution is -0.139. The van der Waals surface area contributed by atoms with Crippen LogP contribution in [0.1, 0.15) is 11.1 Å². The molecule has 2 nitrogen and oxygen atoms in total. The van der Waals surface area contributed by atoms with Crippen molar-refractivity contribution in [3.63, 3.8) is 0 Å². The highest BCUT2D eigenvalue weighted by molar-refractivity contribution is 6.34. The Morgan fingerprint density at radius 1 is 1.36 bits per heavy atom. The molecule has 4 heteroatoms. The molecule has 0 atom stereocenters. The van der Waals surface area contributed by atoms with Crippen LogP contribution in [0.4, 0.5) is 0 Å². The largest absolute Gasteiger partial charge is 0.469 e. The SMILES string of the molecule is COC(=O)Cc1cc(Cl)c(C)cc1Cl. The number of carbonyl (C=O) groups is 1. The van der Waals surface area contributed by atoms with Gasteiger partial charge in [-0.2, -0.15) is 0 Å². The van der Waals surface area contributed by atoms with E-state index in [9.17, 15) is 4.79 Å². The van der Waals surface area contributed by atoms with Crippen LogP contribution in [0, 0.1) is 6.92 Å². The summed E-state index contributed by atoms with van der Waals surface area (Å²) in [5, 5.41) is 1.14. The lowest BCUT2D eigenvalue weighted by Gasteiger charge is -2.05. The number of aryl methyl sites for hydroxylation is 1. The Morgan fingerprint density at radius 3 is 2.57 bits per heavy atom. The molecule has 0 heterocycles. The summed E-state index contributed by atoms with van der Waals surface area (Å²) in [7, 11) is 1.34. The summed E-state index contributed by atoms with van der Waals surface area (Å²) in [5.41, 5.74) is 1.58. The fraction of sp³-hybridized carbons (Fsp3) is 0.300. The van der Waals surface area contributed by atoms with Gasteiger partial charge in [-0.15, -0.1) is 0 Å². The van der Waals surface area contributed by atoms with Crippen molar-refractivity contribution < 1.29 is 9.53 Å². The second-order valence-corrected chi connectivity index (χ2v) is 3.76. The maximum absolute atomic E-state index is 11.0. The molecule has 0 spiro atoms. The molecule has 76 valence electrons. The molecule has 0 aliphatic heterocycles. The lowest BCUT2D eigenvalue weighted by atomic mass is 10.1. The van der Waals surface area contributed by atoms with Crippen molar-refractivity contribution in [2.24, 2.45) is 0 Å². The number of carbonyl (C=O) groups excluding carboxylic acids is 1. The van der Waals surface area contributed by atoms with Gasteiger partial charge >= 0.3 is 5.97 Å². The van der Waals surface area contributed by atoms with Crippen LogP contribution in [0.15, 0.2) is 12.1 Å². The van der Waals surface area contributed by atoms with Crippen LogP contribution in [0.5, 0.6) is 0 Å². The summed E-state index contributed by atoms with van der Waals surface area (Å²) in [6.07, 6.45) is 0.148. The predicted octanol–water partition coefficient (Wildman–Crippen LogP) is 3.02. The van der Waals surface area contributed by atoms with Crippen molar-refractivity contribution in [1.29, 1.82) is 0 Å². The van der Waals surface area contributed by atoms with Gasteiger partial charge in [0, 0.05) is 10.0 Å². The first-order valence-corrected chi connectivity index (χ1v) is 4.81. The van der Waals surface area contributed by atoms with Crippen molar-refractivity contribution in [3.05, 3.63) is 33.3 Å². The van der Waals surface area contributed by atoms with Crippen molar-refractivity contribution in [2.75, 3.05) is 7.11 Å². The molecular formula is C10H10Cl2O2. The zero-order valence-electron chi connectivity index (χ0n) is 7.93. The zero-order valence-corrected chi connectivity index (χ0v) is 9.45. The predicted molar refractivity (Wildman–Crippen MR) is 56.9 cm³/mol. The maximum Gasteiger partial charge on any atom is 0.310 e. The molecule has 0 aliphatic carbocycles. The number of esters is 1. The Kier molecular flexibility index (Phi) is 3.78. The van der Waals surface area contributed by atoms with Gasteiger partial charge in [0.05, 0.1) is 13.5 Å². The third-order valence-electron chi connectivity index (χ3n) is 1.89. The molecule has 0 fully saturated rings. The van der Waals surface area contributed by atoms with E-state index in [2.05, 4.69) is 4.74 Å². The number of hydrogen-bond acceptors (Lipinski definition) is 2. The number of halogens is 2. The summed E-state index contributed by atoms with van der Waals surface area (Å²) in [5.74, 6) is -0.327. The molecule has 0 saturated heterocycles. The Bertz CT molecular complexity index is 361. The lowest BCUT2D eigenvalue weighted by Crippen LogP contribution is -2.05. The van der Waals surface area contributed by atoms with Crippen LogP contribution in [0.3, 0.4) is 0 Å². The number of rotatable bonds is 2. The van der Waals surface area contributed by atoms with E-state index in [1.54, 1.807) is 12.1 Å². The topological polar surface area (TPSA) is 26.3 Å². The minimum Gasteiger partial charge on any atom is -0.469 e. The fourth-order valence-electron chi connectivity index (χ4n) is 1.05. The highest BCUT2D eigenvalue weighted by Gasteiger charge is 2.09. The average Bonchev–Trinajstić information content (AvgIpc) is 2.14. The second kappa shape index (κ2) is 4.67. The second-order valence-electron chi connectivity index (χ2n) is 2.95. The van der Waals surface area contributed by atoms with E-state index < -0.39 is 0 Å². The summed E-state index contributed by atoms with van der Waals surface area (Å²) in [6, 6.07) is 3.43. The Labute approximate surface area is 92.8 Å². The van der Waals surface area contributed by atoms with Gasteiger partial charge in [-0.25, -0.2) is 0 Å². The van der Waals surface area contributed by atoms with Crippen molar-refractivity contribution in [1.82, 2.24) is 0 Å². The molecule has 14 heavy (non-hydrogen) atoms. The van der Waals surface area contributed by atoms with Crippen molar-refractivity contribution in [2.45, 2.75) is 13.3 Å². The van der Waals surface area contributed by atoms with E-state index in [1.165, 1.54) is 7.11 Å². The normalized spacial score (nSPS) is 10.0. The van der Waals surface area contributed by atoms with Gasteiger partial charge < -0.3 is 4.74 Å². The maximum atomic E-state index is 11.0. The van der Waals surface area contributed by atoms with Crippen LogP contribution in [0.2, 0.25) is 10.0 Å². The average molecular weight is 233 g/mol. The molecule has 1 aromatic carbocycles. The van der Waals surface area contributed by atoms with E-state index in [4.69, 9.17) is 23.2 Å². The zero-order chi connectivity index (χ0) is 10.7. The minimum atomic E-state index is -0.327. The van der Waals surface area contributed by atoms with Gasteiger partial charge in [0.15, 0.2) is 0 Å². The minimum absolute atomic E-state index is 0.148. The summed E-state index contributed by atoms with van der Waals surface area (Å²) < 4.78 is 4.54. The highest BCUT2D eigenvalue weighted by Crippen LogP contribution is 2.25. The Morgan fingerprint density at radius 2 is 2.00 bits per heavy atom. The van der Waals surface area contributed by atoms with E-state index in [1.807, 2.05) is 6.92 Å². The first-order valence-electron chi connectivity index (χ1n) is 4.06. The van der Waals surface area contributed by atoms with Gasteiger partial charge in [0.25, 0.3) is 0 Å². The molecule has 0 aliphatic rings. The standard InChI is InChI=1S/C10H10Cl2O2/c1-6-3-9(12)7(4-8(6)11)5-10(13)14-2/h3-4H,5H2,1-2H3. The van der Waals surface area contributed by atoms with Crippen LogP contribution in [0.25, 0.3) is 0 Å². The smallest absolute Gasteiger partial charge is 0.310 e. The number of benzene rings is 1. The van der Waals surface area contributed by atoms with Crippen LogP contribution < -0.4 is 0 Å². The van der Waals surface area contributed by atoms with Gasteiger partial charge in [0.2, 0.25) is 0 Å². The van der Waals surface area contributed by atoms with E-state index in [-0.39, 0.29) is 12.4 Å². The summed E-state index contributed by atoms with van der Waals surface area (Å²) in [4.78, 5) is 11.0. The van der Waals surface area contributed by atoms with E-state index >= 15 is 0 Å². The third-order valence-corrected chi connectivity index (χ3v) is 2.65. The van der Waals surface area contributed by atoms with E-state index in [0.29, 0.717) is 15.6 Å². The molecule has 0 bridgehead atoms. The number of hydrogen-bond donors (Lipinski definition) is 0. The number of ether oxygens (including phenoxy) is 1. The molecule has 0 saturated carbocycles. The highest BCUT2D eigenvalue weighted by atomic mass is 35.5. The van der Waals surface area contributed by atoms with E-state index in [0.717, 1.165) is 5.56 Å². The first kappa shape index (κ1) is 11.3. The Balaban J connectivity index is 2.98. The van der Waals surface area contributed by atoms with Gasteiger partial charge in [-0.3, -0.25) is 4.79 Å². The molecule has 1 rings (SSSR count). The first-order chi connectivity index (χ1) is 6.54. The summed E-state index contributed by atoms with van der Waals surface area (Å²) >= 11 is 11.8. The van der Waals surface area contributed by atoms with Crippen molar-refractivity contribution >= 4 is 29.2 Å². The molecule has 0 aromatic heterocycles. The van der Waals surface area contributed by atoms with Crippen molar-refractivity contribution in [3.8, 4) is 0 Å². The fourth-order valence-corrected chi connectivity index (χ4v) is 1.52. The molecule has 0 radical (unpaired) electrons. The molecule has 0 N–H and O–H groups in total. The van der Waals surface area contributed by atoms with Gasteiger partial charge in [-0.1, -0.05) is 23.2 Å². The monoisotopic (exact) mass is 232 g/mol. The number of methoxy groups -OCH3 is 1. The quantitative estimate of drug-likeness (QED) is 0.734. The third kappa shape index (κ3) is 2.63. The molecule has 0 amide bonds. The van der Waals surface area contributed by atoms with Crippen LogP contribution >= 0.6 is 23.2 Å². The molecular weight excluding hydrogens is 223 g/mol. The molecule has 0 unspecified atom stereocenters. The Hall–Kier alpha value is -0.730.